The van der Waals surface area contributed by atoms with Gasteiger partial charge in [0.25, 0.3) is 0 Å². The summed E-state index contributed by atoms with van der Waals surface area (Å²) in [4.78, 5) is 11.5. The van der Waals surface area contributed by atoms with Crippen molar-refractivity contribution in [1.29, 1.82) is 0 Å². The van der Waals surface area contributed by atoms with Crippen molar-refractivity contribution in [3.05, 3.63) is 0 Å². The van der Waals surface area contributed by atoms with Crippen molar-refractivity contribution >= 4 is 17.6 Å². The van der Waals surface area contributed by atoms with E-state index in [-0.39, 0.29) is 11.4 Å². The standard InChI is InChI=1S/C15H29ClO2/c1-15(2,3)14(17)18-13-11-9-7-5-4-6-8-10-12-16/h4-13H2,1-3H3. The number of rotatable bonds is 10. The van der Waals surface area contributed by atoms with Crippen molar-refractivity contribution in [1.82, 2.24) is 0 Å². The average Bonchev–Trinajstić information content (AvgIpc) is 2.30. The van der Waals surface area contributed by atoms with E-state index in [4.69, 9.17) is 16.3 Å². The van der Waals surface area contributed by atoms with E-state index in [0.29, 0.717) is 6.61 Å². The first-order valence-electron chi connectivity index (χ1n) is 7.21. The van der Waals surface area contributed by atoms with Gasteiger partial charge in [0.15, 0.2) is 0 Å². The molecule has 0 aliphatic carbocycles. The third-order valence-corrected chi connectivity index (χ3v) is 3.14. The lowest BCUT2D eigenvalue weighted by molar-refractivity contribution is -0.153. The van der Waals surface area contributed by atoms with Crippen LogP contribution in [-0.2, 0) is 9.53 Å². The number of carbonyl (C=O) groups is 1. The monoisotopic (exact) mass is 276 g/mol. The second-order valence-electron chi connectivity index (χ2n) is 5.90. The van der Waals surface area contributed by atoms with Crippen LogP contribution < -0.4 is 0 Å². The Morgan fingerprint density at radius 2 is 1.33 bits per heavy atom. The second-order valence-corrected chi connectivity index (χ2v) is 6.28. The average molecular weight is 277 g/mol. The molecule has 0 saturated heterocycles. The number of unbranched alkanes of at least 4 members (excludes halogenated alkanes) is 7. The molecule has 0 aliphatic rings. The van der Waals surface area contributed by atoms with Crippen LogP contribution in [0.25, 0.3) is 0 Å². The second kappa shape index (κ2) is 10.7. The minimum absolute atomic E-state index is 0.0939. The SMILES string of the molecule is CC(C)(C)C(=O)OCCCCCCCCCCCl. The number of hydrogen-bond donors (Lipinski definition) is 0. The topological polar surface area (TPSA) is 26.3 Å². The molecular formula is C15H29ClO2. The van der Waals surface area contributed by atoms with Crippen molar-refractivity contribution < 1.29 is 9.53 Å². The molecule has 0 rings (SSSR count). The Morgan fingerprint density at radius 3 is 1.78 bits per heavy atom. The Balaban J connectivity index is 3.19. The highest BCUT2D eigenvalue weighted by molar-refractivity contribution is 6.17. The first-order chi connectivity index (χ1) is 8.48. The number of alkyl halides is 1. The summed E-state index contributed by atoms with van der Waals surface area (Å²) in [6.07, 6.45) is 9.68. The summed E-state index contributed by atoms with van der Waals surface area (Å²) in [6, 6.07) is 0. The molecule has 0 atom stereocenters. The number of esters is 1. The molecule has 18 heavy (non-hydrogen) atoms. The van der Waals surface area contributed by atoms with E-state index in [1.54, 1.807) is 0 Å². The minimum atomic E-state index is -0.373. The predicted molar refractivity (Wildman–Crippen MR) is 78.1 cm³/mol. The highest BCUT2D eigenvalue weighted by Gasteiger charge is 2.22. The summed E-state index contributed by atoms with van der Waals surface area (Å²) in [5.41, 5.74) is -0.373. The molecule has 0 aliphatic heterocycles. The summed E-state index contributed by atoms with van der Waals surface area (Å²) in [7, 11) is 0. The van der Waals surface area contributed by atoms with Crippen LogP contribution in [0, 0.1) is 5.41 Å². The third-order valence-electron chi connectivity index (χ3n) is 2.87. The molecule has 0 aromatic rings. The lowest BCUT2D eigenvalue weighted by Crippen LogP contribution is -2.23. The number of halogens is 1. The van der Waals surface area contributed by atoms with E-state index in [9.17, 15) is 4.79 Å². The first-order valence-corrected chi connectivity index (χ1v) is 7.75. The van der Waals surface area contributed by atoms with Crippen LogP contribution in [0.1, 0.15) is 72.1 Å². The molecule has 0 amide bonds. The lowest BCUT2D eigenvalue weighted by atomic mass is 9.97. The van der Waals surface area contributed by atoms with Gasteiger partial charge >= 0.3 is 5.97 Å². The van der Waals surface area contributed by atoms with Crippen molar-refractivity contribution in [3.63, 3.8) is 0 Å². The zero-order valence-electron chi connectivity index (χ0n) is 12.3. The molecule has 0 unspecified atom stereocenters. The van der Waals surface area contributed by atoms with E-state index in [0.717, 1.165) is 25.1 Å². The molecule has 0 aromatic heterocycles. The van der Waals surface area contributed by atoms with Gasteiger partial charge in [-0.15, -0.1) is 11.6 Å². The largest absolute Gasteiger partial charge is 0.465 e. The summed E-state index contributed by atoms with van der Waals surface area (Å²) >= 11 is 5.61. The van der Waals surface area contributed by atoms with Crippen LogP contribution in [-0.4, -0.2) is 18.5 Å². The fraction of sp³-hybridized carbons (Fsp3) is 0.933. The Bertz CT molecular complexity index is 209. The van der Waals surface area contributed by atoms with Crippen LogP contribution in [0.15, 0.2) is 0 Å². The highest BCUT2D eigenvalue weighted by atomic mass is 35.5. The molecule has 2 nitrogen and oxygen atoms in total. The van der Waals surface area contributed by atoms with Crippen molar-refractivity contribution in [2.75, 3.05) is 12.5 Å². The zero-order valence-corrected chi connectivity index (χ0v) is 13.0. The number of ether oxygens (including phenoxy) is 1. The van der Waals surface area contributed by atoms with Crippen LogP contribution in [0.5, 0.6) is 0 Å². The lowest BCUT2D eigenvalue weighted by Gasteiger charge is -2.16. The normalized spacial score (nSPS) is 11.6. The molecule has 0 spiro atoms. The van der Waals surface area contributed by atoms with Crippen LogP contribution in [0.3, 0.4) is 0 Å². The first kappa shape index (κ1) is 17.8. The van der Waals surface area contributed by atoms with E-state index in [1.165, 1.54) is 32.1 Å². The minimum Gasteiger partial charge on any atom is -0.465 e. The van der Waals surface area contributed by atoms with Crippen molar-refractivity contribution in [2.45, 2.75) is 72.1 Å². The molecular weight excluding hydrogens is 248 g/mol. The highest BCUT2D eigenvalue weighted by Crippen LogP contribution is 2.15. The Morgan fingerprint density at radius 1 is 0.889 bits per heavy atom. The van der Waals surface area contributed by atoms with Crippen LogP contribution >= 0.6 is 11.6 Å². The Labute approximate surface area is 117 Å². The maximum Gasteiger partial charge on any atom is 0.311 e. The molecule has 3 heteroatoms. The van der Waals surface area contributed by atoms with Gasteiger partial charge in [0.05, 0.1) is 12.0 Å². The Hall–Kier alpha value is -0.240. The Kier molecular flexibility index (Phi) is 10.5. The van der Waals surface area contributed by atoms with Gasteiger partial charge < -0.3 is 4.74 Å². The maximum atomic E-state index is 11.5. The molecule has 0 heterocycles. The third kappa shape index (κ3) is 10.9. The van der Waals surface area contributed by atoms with Gasteiger partial charge in [-0.25, -0.2) is 0 Å². The maximum absolute atomic E-state index is 11.5. The summed E-state index contributed by atoms with van der Waals surface area (Å²) in [5, 5.41) is 0. The fourth-order valence-electron chi connectivity index (χ4n) is 1.64. The van der Waals surface area contributed by atoms with E-state index >= 15 is 0 Å². The summed E-state index contributed by atoms with van der Waals surface area (Å²) in [5.74, 6) is 0.697. The molecule has 0 aromatic carbocycles. The quantitative estimate of drug-likeness (QED) is 0.321. The summed E-state index contributed by atoms with van der Waals surface area (Å²) in [6.45, 7) is 6.23. The molecule has 108 valence electrons. The van der Waals surface area contributed by atoms with Gasteiger partial charge in [0, 0.05) is 5.88 Å². The van der Waals surface area contributed by atoms with Gasteiger partial charge in [0.2, 0.25) is 0 Å². The number of hydrogen-bond acceptors (Lipinski definition) is 2. The molecule has 0 saturated carbocycles. The molecule has 0 N–H and O–H groups in total. The fourth-order valence-corrected chi connectivity index (χ4v) is 1.83. The van der Waals surface area contributed by atoms with Gasteiger partial charge in [-0.3, -0.25) is 4.79 Å². The van der Waals surface area contributed by atoms with Gasteiger partial charge in [-0.1, -0.05) is 38.5 Å². The van der Waals surface area contributed by atoms with Crippen molar-refractivity contribution in [3.8, 4) is 0 Å². The van der Waals surface area contributed by atoms with Gasteiger partial charge in [0.1, 0.15) is 0 Å². The van der Waals surface area contributed by atoms with Crippen LogP contribution in [0.4, 0.5) is 0 Å². The van der Waals surface area contributed by atoms with Gasteiger partial charge in [-0.05, 0) is 33.6 Å². The molecule has 0 fully saturated rings. The van der Waals surface area contributed by atoms with Crippen molar-refractivity contribution in [2.24, 2.45) is 5.41 Å². The van der Waals surface area contributed by atoms with E-state index in [2.05, 4.69) is 0 Å². The zero-order chi connectivity index (χ0) is 13.9. The van der Waals surface area contributed by atoms with Gasteiger partial charge in [-0.2, -0.15) is 0 Å². The van der Waals surface area contributed by atoms with Crippen LogP contribution in [0.2, 0.25) is 0 Å². The summed E-state index contributed by atoms with van der Waals surface area (Å²) < 4.78 is 5.21. The molecule has 0 bridgehead atoms. The number of carbonyl (C=O) groups excluding carboxylic acids is 1. The molecule has 0 radical (unpaired) electrons. The van der Waals surface area contributed by atoms with E-state index < -0.39 is 0 Å². The predicted octanol–water partition coefficient (Wildman–Crippen LogP) is 4.94. The smallest absolute Gasteiger partial charge is 0.311 e. The van der Waals surface area contributed by atoms with E-state index in [1.807, 2.05) is 20.8 Å².